The molecular formula is C12H19NO. The lowest BCUT2D eigenvalue weighted by Gasteiger charge is -2.18. The molecule has 0 aromatic heterocycles. The number of methoxy groups -OCH3 is 1. The minimum atomic E-state index is -0.00528. The number of hydrogen-bond donors (Lipinski definition) is 1. The van der Waals surface area contributed by atoms with Crippen LogP contribution >= 0.6 is 0 Å². The minimum Gasteiger partial charge on any atom is -0.362 e. The Hall–Kier alpha value is -0.860. The van der Waals surface area contributed by atoms with Crippen LogP contribution in [0.1, 0.15) is 28.5 Å². The first kappa shape index (κ1) is 11.2. The van der Waals surface area contributed by atoms with E-state index in [1.165, 1.54) is 22.3 Å². The van der Waals surface area contributed by atoms with Crippen molar-refractivity contribution >= 4 is 0 Å². The van der Waals surface area contributed by atoms with Crippen molar-refractivity contribution in [3.63, 3.8) is 0 Å². The second-order valence-electron chi connectivity index (χ2n) is 3.70. The van der Waals surface area contributed by atoms with Crippen LogP contribution in [0.25, 0.3) is 0 Å². The van der Waals surface area contributed by atoms with Gasteiger partial charge in [0.2, 0.25) is 0 Å². The molecule has 0 heterocycles. The third-order valence-corrected chi connectivity index (χ3v) is 2.66. The van der Waals surface area contributed by atoms with E-state index in [1.54, 1.807) is 7.11 Å². The zero-order chi connectivity index (χ0) is 10.7. The van der Waals surface area contributed by atoms with E-state index >= 15 is 0 Å². The molecule has 1 unspecified atom stereocenters. The molecule has 0 fully saturated rings. The molecule has 14 heavy (non-hydrogen) atoms. The molecule has 0 saturated heterocycles. The Morgan fingerprint density at radius 3 is 2.14 bits per heavy atom. The van der Waals surface area contributed by atoms with Crippen molar-refractivity contribution in [1.29, 1.82) is 0 Å². The van der Waals surface area contributed by atoms with Crippen LogP contribution in [0.15, 0.2) is 12.1 Å². The van der Waals surface area contributed by atoms with Gasteiger partial charge in [0.25, 0.3) is 0 Å². The van der Waals surface area contributed by atoms with E-state index in [2.05, 4.69) is 38.2 Å². The van der Waals surface area contributed by atoms with Crippen molar-refractivity contribution in [2.45, 2.75) is 27.0 Å². The third kappa shape index (κ3) is 2.14. The minimum absolute atomic E-state index is 0.00528. The number of aryl methyl sites for hydroxylation is 3. The number of benzene rings is 1. The van der Waals surface area contributed by atoms with Gasteiger partial charge in [-0.2, -0.15) is 0 Å². The van der Waals surface area contributed by atoms with Gasteiger partial charge in [-0.3, -0.25) is 5.32 Å². The highest BCUT2D eigenvalue weighted by Gasteiger charge is 2.11. The van der Waals surface area contributed by atoms with E-state index in [4.69, 9.17) is 4.74 Å². The zero-order valence-corrected chi connectivity index (χ0v) is 9.64. The van der Waals surface area contributed by atoms with Crippen LogP contribution in [-0.2, 0) is 4.74 Å². The maximum atomic E-state index is 5.35. The fourth-order valence-corrected chi connectivity index (χ4v) is 1.67. The molecule has 0 bridgehead atoms. The number of hydrogen-bond acceptors (Lipinski definition) is 2. The maximum absolute atomic E-state index is 5.35. The van der Waals surface area contributed by atoms with E-state index < -0.39 is 0 Å². The van der Waals surface area contributed by atoms with Crippen molar-refractivity contribution in [3.8, 4) is 0 Å². The summed E-state index contributed by atoms with van der Waals surface area (Å²) >= 11 is 0. The molecular weight excluding hydrogens is 174 g/mol. The van der Waals surface area contributed by atoms with Crippen LogP contribution in [0.4, 0.5) is 0 Å². The van der Waals surface area contributed by atoms with E-state index in [1.807, 2.05) is 7.05 Å². The summed E-state index contributed by atoms with van der Waals surface area (Å²) < 4.78 is 5.35. The van der Waals surface area contributed by atoms with Gasteiger partial charge >= 0.3 is 0 Å². The first-order chi connectivity index (χ1) is 6.60. The molecule has 1 rings (SSSR count). The zero-order valence-electron chi connectivity index (χ0n) is 9.64. The summed E-state index contributed by atoms with van der Waals surface area (Å²) in [5.74, 6) is 0. The summed E-state index contributed by atoms with van der Waals surface area (Å²) in [6, 6.07) is 4.39. The fourth-order valence-electron chi connectivity index (χ4n) is 1.67. The van der Waals surface area contributed by atoms with Gasteiger partial charge in [-0.1, -0.05) is 12.1 Å². The average molecular weight is 193 g/mol. The van der Waals surface area contributed by atoms with E-state index in [9.17, 15) is 0 Å². The molecule has 2 heteroatoms. The van der Waals surface area contributed by atoms with Gasteiger partial charge in [0, 0.05) is 7.11 Å². The Morgan fingerprint density at radius 2 is 1.64 bits per heavy atom. The van der Waals surface area contributed by atoms with E-state index in [0.29, 0.717) is 0 Å². The average Bonchev–Trinajstić information content (AvgIpc) is 2.15. The molecule has 2 nitrogen and oxygen atoms in total. The Kier molecular flexibility index (Phi) is 3.67. The van der Waals surface area contributed by atoms with Crippen molar-refractivity contribution in [1.82, 2.24) is 5.32 Å². The van der Waals surface area contributed by atoms with Crippen molar-refractivity contribution < 1.29 is 4.74 Å². The smallest absolute Gasteiger partial charge is 0.133 e. The normalized spacial score (nSPS) is 12.9. The largest absolute Gasteiger partial charge is 0.362 e. The first-order valence-corrected chi connectivity index (χ1v) is 4.88. The van der Waals surface area contributed by atoms with Crippen LogP contribution in [0.3, 0.4) is 0 Å². The highest BCUT2D eigenvalue weighted by Crippen LogP contribution is 2.21. The van der Waals surface area contributed by atoms with Crippen molar-refractivity contribution in [2.24, 2.45) is 0 Å². The third-order valence-electron chi connectivity index (χ3n) is 2.66. The molecule has 0 spiro atoms. The standard InChI is InChI=1S/C12H19NO/c1-8-6-10(3)11(7-9(8)2)12(13-4)14-5/h6-7,12-13H,1-5H3. The van der Waals surface area contributed by atoms with E-state index in [0.717, 1.165) is 0 Å². The highest BCUT2D eigenvalue weighted by atomic mass is 16.5. The maximum Gasteiger partial charge on any atom is 0.133 e. The molecule has 1 N–H and O–H groups in total. The molecule has 1 aromatic carbocycles. The lowest BCUT2D eigenvalue weighted by atomic mass is 10.00. The number of nitrogens with one attached hydrogen (secondary N) is 1. The molecule has 78 valence electrons. The van der Waals surface area contributed by atoms with Crippen LogP contribution < -0.4 is 5.32 Å². The Labute approximate surface area is 86.3 Å². The van der Waals surface area contributed by atoms with E-state index in [-0.39, 0.29) is 6.23 Å². The molecule has 1 aromatic rings. The molecule has 0 aliphatic carbocycles. The van der Waals surface area contributed by atoms with Crippen LogP contribution in [0.5, 0.6) is 0 Å². The number of ether oxygens (including phenoxy) is 1. The van der Waals surface area contributed by atoms with Crippen LogP contribution in [0, 0.1) is 20.8 Å². The van der Waals surface area contributed by atoms with Gasteiger partial charge < -0.3 is 4.74 Å². The van der Waals surface area contributed by atoms with Gasteiger partial charge in [-0.25, -0.2) is 0 Å². The van der Waals surface area contributed by atoms with Crippen molar-refractivity contribution in [3.05, 3.63) is 34.4 Å². The number of rotatable bonds is 3. The molecule has 0 saturated carbocycles. The van der Waals surface area contributed by atoms with Crippen molar-refractivity contribution in [2.75, 3.05) is 14.2 Å². The fraction of sp³-hybridized carbons (Fsp3) is 0.500. The van der Waals surface area contributed by atoms with Crippen LogP contribution in [-0.4, -0.2) is 14.2 Å². The van der Waals surface area contributed by atoms with Crippen LogP contribution in [0.2, 0.25) is 0 Å². The molecule has 0 aliphatic heterocycles. The van der Waals surface area contributed by atoms with Gasteiger partial charge in [0.1, 0.15) is 6.23 Å². The predicted octanol–water partition coefficient (Wildman–Crippen LogP) is 2.48. The quantitative estimate of drug-likeness (QED) is 0.745. The molecule has 1 atom stereocenters. The Morgan fingerprint density at radius 1 is 1.07 bits per heavy atom. The Balaban J connectivity index is 3.14. The van der Waals surface area contributed by atoms with Gasteiger partial charge in [-0.15, -0.1) is 0 Å². The molecule has 0 amide bonds. The summed E-state index contributed by atoms with van der Waals surface area (Å²) in [5.41, 5.74) is 5.13. The summed E-state index contributed by atoms with van der Waals surface area (Å²) in [6.45, 7) is 6.37. The van der Waals surface area contributed by atoms with Gasteiger partial charge in [0.05, 0.1) is 0 Å². The second-order valence-corrected chi connectivity index (χ2v) is 3.70. The summed E-state index contributed by atoms with van der Waals surface area (Å²) in [6.07, 6.45) is -0.00528. The second kappa shape index (κ2) is 4.58. The summed E-state index contributed by atoms with van der Waals surface area (Å²) in [4.78, 5) is 0. The first-order valence-electron chi connectivity index (χ1n) is 4.88. The summed E-state index contributed by atoms with van der Waals surface area (Å²) in [5, 5.41) is 3.13. The summed E-state index contributed by atoms with van der Waals surface area (Å²) in [7, 11) is 3.62. The lowest BCUT2D eigenvalue weighted by Crippen LogP contribution is -2.19. The topological polar surface area (TPSA) is 21.3 Å². The van der Waals surface area contributed by atoms with Gasteiger partial charge in [0.15, 0.2) is 0 Å². The van der Waals surface area contributed by atoms with Gasteiger partial charge in [-0.05, 0) is 50.1 Å². The molecule has 0 aliphatic rings. The molecule has 0 radical (unpaired) electrons. The monoisotopic (exact) mass is 193 g/mol. The Bertz CT molecular complexity index is 316. The lowest BCUT2D eigenvalue weighted by molar-refractivity contribution is 0.0803. The SMILES string of the molecule is CNC(OC)c1cc(C)c(C)cc1C. The highest BCUT2D eigenvalue weighted by molar-refractivity contribution is 5.37. The predicted molar refractivity (Wildman–Crippen MR) is 59.5 cm³/mol.